The van der Waals surface area contributed by atoms with E-state index in [4.69, 9.17) is 16.3 Å². The second kappa shape index (κ2) is 3.80. The summed E-state index contributed by atoms with van der Waals surface area (Å²) in [5, 5.41) is 0.691. The van der Waals surface area contributed by atoms with Gasteiger partial charge in [-0.15, -0.1) is 0 Å². The summed E-state index contributed by atoms with van der Waals surface area (Å²) >= 11 is 5.75. The lowest BCUT2D eigenvalue weighted by Crippen LogP contribution is -2.17. The lowest BCUT2D eigenvalue weighted by Gasteiger charge is -1.97. The molecule has 1 aliphatic heterocycles. The number of ketones is 1. The van der Waals surface area contributed by atoms with Gasteiger partial charge in [-0.1, -0.05) is 29.8 Å². The van der Waals surface area contributed by atoms with E-state index in [0.717, 1.165) is 5.56 Å². The Balaban J connectivity index is 2.05. The summed E-state index contributed by atoms with van der Waals surface area (Å²) in [4.78, 5) is 11.5. The normalized spacial score (nSPS) is 24.4. The summed E-state index contributed by atoms with van der Waals surface area (Å²) < 4.78 is 5.04. The van der Waals surface area contributed by atoms with Crippen LogP contribution in [-0.2, 0) is 9.53 Å². The number of ether oxygens (including phenoxy) is 1. The van der Waals surface area contributed by atoms with Crippen LogP contribution in [0.2, 0.25) is 5.02 Å². The first kappa shape index (κ1) is 10.4. The van der Waals surface area contributed by atoms with Gasteiger partial charge in [-0.2, -0.15) is 0 Å². The molecule has 0 N–H and O–H groups in total. The minimum atomic E-state index is -0.567. The van der Waals surface area contributed by atoms with Gasteiger partial charge in [0.2, 0.25) is 0 Å². The fourth-order valence-electron chi connectivity index (χ4n) is 1.17. The van der Waals surface area contributed by atoms with E-state index in [0.29, 0.717) is 11.6 Å². The topological polar surface area (TPSA) is 29.6 Å². The lowest BCUT2D eigenvalue weighted by molar-refractivity contribution is -0.118. The van der Waals surface area contributed by atoms with Crippen LogP contribution in [0.4, 0.5) is 0 Å². The molecule has 15 heavy (non-hydrogen) atoms. The van der Waals surface area contributed by atoms with Gasteiger partial charge in [0, 0.05) is 5.02 Å². The van der Waals surface area contributed by atoms with Crippen LogP contribution in [0.15, 0.2) is 30.3 Å². The van der Waals surface area contributed by atoms with Crippen LogP contribution in [0.5, 0.6) is 0 Å². The van der Waals surface area contributed by atoms with Gasteiger partial charge < -0.3 is 4.74 Å². The molecule has 1 atom stereocenters. The van der Waals surface area contributed by atoms with Gasteiger partial charge in [0.1, 0.15) is 0 Å². The van der Waals surface area contributed by atoms with Crippen molar-refractivity contribution >= 4 is 23.5 Å². The molecule has 0 spiro atoms. The Morgan fingerprint density at radius 1 is 1.47 bits per heavy atom. The van der Waals surface area contributed by atoms with Crippen LogP contribution in [-0.4, -0.2) is 18.0 Å². The van der Waals surface area contributed by atoms with Crippen molar-refractivity contribution < 1.29 is 9.53 Å². The number of hydrogen-bond acceptors (Lipinski definition) is 2. The first-order valence-corrected chi connectivity index (χ1v) is 5.10. The number of epoxide rings is 1. The Hall–Kier alpha value is -1.12. The third-order valence-electron chi connectivity index (χ3n) is 2.40. The molecule has 1 unspecified atom stereocenters. The Morgan fingerprint density at radius 2 is 2.07 bits per heavy atom. The van der Waals surface area contributed by atoms with Gasteiger partial charge in [0.25, 0.3) is 0 Å². The van der Waals surface area contributed by atoms with Crippen molar-refractivity contribution in [2.45, 2.75) is 12.5 Å². The van der Waals surface area contributed by atoms with Gasteiger partial charge in [0.05, 0.1) is 6.61 Å². The molecule has 0 saturated carbocycles. The Morgan fingerprint density at radius 3 is 2.60 bits per heavy atom. The molecule has 2 nitrogen and oxygen atoms in total. The van der Waals surface area contributed by atoms with E-state index in [9.17, 15) is 4.79 Å². The van der Waals surface area contributed by atoms with E-state index < -0.39 is 5.60 Å². The summed E-state index contributed by atoms with van der Waals surface area (Å²) in [6.07, 6.45) is 3.32. The van der Waals surface area contributed by atoms with E-state index in [1.807, 2.05) is 12.1 Å². The monoisotopic (exact) mass is 222 g/mol. The SMILES string of the molecule is CC1(C(=O)C=Cc2ccc(Cl)cc2)CO1. The second-order valence-electron chi connectivity index (χ2n) is 3.77. The average molecular weight is 223 g/mol. The maximum Gasteiger partial charge on any atom is 0.189 e. The number of halogens is 1. The van der Waals surface area contributed by atoms with Gasteiger partial charge in [-0.3, -0.25) is 4.79 Å². The minimum Gasteiger partial charge on any atom is -0.361 e. The van der Waals surface area contributed by atoms with Crippen LogP contribution in [0.1, 0.15) is 12.5 Å². The standard InChI is InChI=1S/C12H11ClO2/c1-12(8-15-12)11(14)7-4-9-2-5-10(13)6-3-9/h2-7H,8H2,1H3. The maximum atomic E-state index is 11.5. The maximum absolute atomic E-state index is 11.5. The average Bonchev–Trinajstić information content (AvgIpc) is 2.97. The summed E-state index contributed by atoms with van der Waals surface area (Å²) in [5.41, 5.74) is 0.389. The van der Waals surface area contributed by atoms with Crippen LogP contribution in [0.3, 0.4) is 0 Å². The van der Waals surface area contributed by atoms with E-state index in [1.165, 1.54) is 0 Å². The molecular formula is C12H11ClO2. The number of benzene rings is 1. The number of rotatable bonds is 3. The first-order chi connectivity index (χ1) is 7.10. The zero-order valence-electron chi connectivity index (χ0n) is 8.37. The molecule has 1 saturated heterocycles. The van der Waals surface area contributed by atoms with Crippen molar-refractivity contribution in [3.05, 3.63) is 40.9 Å². The van der Waals surface area contributed by atoms with Crippen molar-refractivity contribution in [1.82, 2.24) is 0 Å². The fraction of sp³-hybridized carbons (Fsp3) is 0.250. The van der Waals surface area contributed by atoms with E-state index >= 15 is 0 Å². The smallest absolute Gasteiger partial charge is 0.189 e. The van der Waals surface area contributed by atoms with Gasteiger partial charge in [0.15, 0.2) is 11.4 Å². The minimum absolute atomic E-state index is 0.0115. The molecule has 0 radical (unpaired) electrons. The molecular weight excluding hydrogens is 212 g/mol. The van der Waals surface area contributed by atoms with E-state index in [2.05, 4.69) is 0 Å². The van der Waals surface area contributed by atoms with Crippen molar-refractivity contribution in [2.24, 2.45) is 0 Å². The summed E-state index contributed by atoms with van der Waals surface area (Å²) in [5.74, 6) is 0.0115. The van der Waals surface area contributed by atoms with Crippen molar-refractivity contribution in [3.8, 4) is 0 Å². The summed E-state index contributed by atoms with van der Waals surface area (Å²) in [6.45, 7) is 2.32. The van der Waals surface area contributed by atoms with Crippen LogP contribution in [0, 0.1) is 0 Å². The second-order valence-corrected chi connectivity index (χ2v) is 4.21. The molecule has 1 fully saturated rings. The van der Waals surface area contributed by atoms with Crippen LogP contribution in [0.25, 0.3) is 6.08 Å². The molecule has 0 aromatic heterocycles. The molecule has 78 valence electrons. The predicted molar refractivity (Wildman–Crippen MR) is 59.9 cm³/mol. The van der Waals surface area contributed by atoms with Gasteiger partial charge >= 0.3 is 0 Å². The highest BCUT2D eigenvalue weighted by Gasteiger charge is 2.45. The zero-order chi connectivity index (χ0) is 10.9. The van der Waals surface area contributed by atoms with E-state index in [1.54, 1.807) is 31.2 Å². The third-order valence-corrected chi connectivity index (χ3v) is 2.65. The highest BCUT2D eigenvalue weighted by Crippen LogP contribution is 2.27. The highest BCUT2D eigenvalue weighted by atomic mass is 35.5. The molecule has 1 heterocycles. The molecule has 0 aliphatic carbocycles. The number of hydrogen-bond donors (Lipinski definition) is 0. The Labute approximate surface area is 93.5 Å². The van der Waals surface area contributed by atoms with Crippen molar-refractivity contribution in [3.63, 3.8) is 0 Å². The molecule has 0 bridgehead atoms. The quantitative estimate of drug-likeness (QED) is 0.581. The lowest BCUT2D eigenvalue weighted by atomic mass is 10.1. The summed E-state index contributed by atoms with van der Waals surface area (Å²) in [6, 6.07) is 7.31. The fourth-order valence-corrected chi connectivity index (χ4v) is 1.30. The number of carbonyl (C=O) groups is 1. The van der Waals surface area contributed by atoms with Crippen LogP contribution < -0.4 is 0 Å². The van der Waals surface area contributed by atoms with Crippen LogP contribution >= 0.6 is 11.6 Å². The van der Waals surface area contributed by atoms with E-state index in [-0.39, 0.29) is 5.78 Å². The molecule has 2 rings (SSSR count). The molecule has 1 aromatic carbocycles. The van der Waals surface area contributed by atoms with Gasteiger partial charge in [-0.25, -0.2) is 0 Å². The van der Waals surface area contributed by atoms with Gasteiger partial charge in [-0.05, 0) is 30.7 Å². The Kier molecular flexibility index (Phi) is 2.63. The summed E-state index contributed by atoms with van der Waals surface area (Å²) in [7, 11) is 0. The van der Waals surface area contributed by atoms with Crippen molar-refractivity contribution in [1.29, 1.82) is 0 Å². The number of carbonyl (C=O) groups excluding carboxylic acids is 1. The Bertz CT molecular complexity index is 402. The first-order valence-electron chi connectivity index (χ1n) is 4.72. The largest absolute Gasteiger partial charge is 0.361 e. The molecule has 1 aliphatic rings. The molecule has 3 heteroatoms. The molecule has 1 aromatic rings. The van der Waals surface area contributed by atoms with Crippen molar-refractivity contribution in [2.75, 3.05) is 6.61 Å². The predicted octanol–water partition coefficient (Wildman–Crippen LogP) is 2.71. The third kappa shape index (κ3) is 2.46. The molecule has 0 amide bonds. The zero-order valence-corrected chi connectivity index (χ0v) is 9.12. The highest BCUT2D eigenvalue weighted by molar-refractivity contribution is 6.30.